The van der Waals surface area contributed by atoms with Crippen molar-refractivity contribution in [2.75, 3.05) is 30.8 Å². The van der Waals surface area contributed by atoms with Gasteiger partial charge >= 0.3 is 0 Å². The van der Waals surface area contributed by atoms with Crippen LogP contribution < -0.4 is 16.0 Å². The van der Waals surface area contributed by atoms with Crippen LogP contribution in [0.1, 0.15) is 19.0 Å². The Morgan fingerprint density at radius 1 is 1.61 bits per heavy atom. The summed E-state index contributed by atoms with van der Waals surface area (Å²) in [6, 6.07) is 5.21. The van der Waals surface area contributed by atoms with E-state index in [2.05, 4.69) is 10.3 Å². The molecule has 0 aliphatic carbocycles. The highest BCUT2D eigenvalue weighted by Gasteiger charge is 2.09. The number of nitrogens with zero attached hydrogens (tertiary/aromatic N) is 3. The lowest BCUT2D eigenvalue weighted by atomic mass is 10.3. The molecule has 0 aliphatic heterocycles. The highest BCUT2D eigenvalue weighted by Crippen LogP contribution is 2.14. The molecule has 96 valence electrons. The number of carbonyl (C=O) groups is 1. The van der Waals surface area contributed by atoms with Crippen molar-refractivity contribution < 1.29 is 4.79 Å². The first-order valence-electron chi connectivity index (χ1n) is 5.73. The van der Waals surface area contributed by atoms with Gasteiger partial charge in [-0.2, -0.15) is 5.26 Å². The van der Waals surface area contributed by atoms with Crippen LogP contribution in [0.3, 0.4) is 0 Å². The summed E-state index contributed by atoms with van der Waals surface area (Å²) in [5.41, 5.74) is 6.10. The number of hydrogen-bond acceptors (Lipinski definition) is 5. The van der Waals surface area contributed by atoms with Gasteiger partial charge in [0.2, 0.25) is 5.91 Å². The van der Waals surface area contributed by atoms with E-state index in [0.717, 1.165) is 6.42 Å². The van der Waals surface area contributed by atoms with Crippen molar-refractivity contribution in [3.63, 3.8) is 0 Å². The summed E-state index contributed by atoms with van der Waals surface area (Å²) < 4.78 is 0. The number of amides is 1. The number of nitrogens with two attached hydrogens (primary N) is 1. The van der Waals surface area contributed by atoms with Gasteiger partial charge in [0.05, 0.1) is 12.2 Å². The molecule has 0 aromatic carbocycles. The number of nitriles is 1. The van der Waals surface area contributed by atoms with E-state index in [9.17, 15) is 4.79 Å². The fraction of sp³-hybridized carbons (Fsp3) is 0.417. The Balaban J connectivity index is 2.70. The molecule has 0 spiro atoms. The predicted octanol–water partition coefficient (Wildman–Crippen LogP) is 0.498. The molecule has 0 unspecified atom stereocenters. The first-order chi connectivity index (χ1) is 8.58. The van der Waals surface area contributed by atoms with Crippen molar-refractivity contribution in [3.8, 4) is 6.07 Å². The van der Waals surface area contributed by atoms with E-state index >= 15 is 0 Å². The lowest BCUT2D eigenvalue weighted by Gasteiger charge is -2.17. The largest absolute Gasteiger partial charge is 0.396 e. The molecular formula is C12H17N5O. The van der Waals surface area contributed by atoms with Gasteiger partial charge in [-0.15, -0.1) is 0 Å². The second-order valence-electron chi connectivity index (χ2n) is 3.93. The molecule has 0 saturated heterocycles. The van der Waals surface area contributed by atoms with Crippen molar-refractivity contribution in [1.29, 1.82) is 5.26 Å². The van der Waals surface area contributed by atoms with E-state index in [1.807, 2.05) is 13.0 Å². The van der Waals surface area contributed by atoms with Crippen LogP contribution in [0.15, 0.2) is 12.1 Å². The quantitative estimate of drug-likeness (QED) is 0.790. The van der Waals surface area contributed by atoms with Gasteiger partial charge in [-0.25, -0.2) is 4.98 Å². The monoisotopic (exact) mass is 247 g/mol. The van der Waals surface area contributed by atoms with Crippen LogP contribution in [0.25, 0.3) is 0 Å². The van der Waals surface area contributed by atoms with Gasteiger partial charge in [0.25, 0.3) is 0 Å². The second kappa shape index (κ2) is 6.45. The summed E-state index contributed by atoms with van der Waals surface area (Å²) in [7, 11) is 1.74. The lowest BCUT2D eigenvalue weighted by Crippen LogP contribution is -2.35. The number of hydrogen-bond donors (Lipinski definition) is 2. The molecule has 0 fully saturated rings. The number of nitrogens with one attached hydrogen (secondary N) is 1. The van der Waals surface area contributed by atoms with Gasteiger partial charge in [0.1, 0.15) is 11.9 Å². The Hall–Kier alpha value is -2.29. The highest BCUT2D eigenvalue weighted by atomic mass is 16.2. The maximum absolute atomic E-state index is 11.5. The van der Waals surface area contributed by atoms with Crippen LogP contribution in [0, 0.1) is 11.3 Å². The Morgan fingerprint density at radius 2 is 2.33 bits per heavy atom. The Labute approximate surface area is 106 Å². The number of likely N-dealkylation sites (N-methyl/N-ethyl adjacent to an activating group) is 1. The zero-order valence-electron chi connectivity index (χ0n) is 10.6. The van der Waals surface area contributed by atoms with Crippen molar-refractivity contribution in [1.82, 2.24) is 10.3 Å². The maximum Gasteiger partial charge on any atom is 0.239 e. The number of aromatic nitrogens is 1. The summed E-state index contributed by atoms with van der Waals surface area (Å²) in [6.07, 6.45) is 0.897. The molecule has 3 N–H and O–H groups in total. The van der Waals surface area contributed by atoms with Gasteiger partial charge in [-0.05, 0) is 18.6 Å². The number of anilines is 2. The summed E-state index contributed by atoms with van der Waals surface area (Å²) in [5.74, 6) is 0.476. The SMILES string of the molecule is CCCNC(=O)CN(C)c1ccc(N)c(C#N)n1. The zero-order chi connectivity index (χ0) is 13.5. The van der Waals surface area contributed by atoms with E-state index in [1.165, 1.54) is 0 Å². The van der Waals surface area contributed by atoms with Gasteiger partial charge in [0, 0.05) is 13.6 Å². The molecule has 1 amide bonds. The van der Waals surface area contributed by atoms with E-state index in [4.69, 9.17) is 11.0 Å². The summed E-state index contributed by atoms with van der Waals surface area (Å²) in [4.78, 5) is 17.3. The molecule has 0 saturated carbocycles. The fourth-order valence-electron chi connectivity index (χ4n) is 1.38. The Bertz CT molecular complexity index is 466. The molecule has 18 heavy (non-hydrogen) atoms. The number of rotatable bonds is 5. The van der Waals surface area contributed by atoms with Crippen molar-refractivity contribution in [2.24, 2.45) is 0 Å². The normalized spacial score (nSPS) is 9.61. The van der Waals surface area contributed by atoms with Crippen LogP contribution in [-0.2, 0) is 4.79 Å². The number of carbonyl (C=O) groups excluding carboxylic acids is 1. The van der Waals surface area contributed by atoms with Gasteiger partial charge in [0.15, 0.2) is 5.69 Å². The smallest absolute Gasteiger partial charge is 0.239 e. The summed E-state index contributed by atoms with van der Waals surface area (Å²) >= 11 is 0. The third-order valence-corrected chi connectivity index (χ3v) is 2.36. The molecular weight excluding hydrogens is 230 g/mol. The molecule has 1 aromatic rings. The minimum absolute atomic E-state index is 0.0727. The average Bonchev–Trinajstić information content (AvgIpc) is 2.36. The van der Waals surface area contributed by atoms with Gasteiger partial charge in [-0.1, -0.05) is 6.92 Å². The second-order valence-corrected chi connectivity index (χ2v) is 3.93. The van der Waals surface area contributed by atoms with Crippen molar-refractivity contribution in [2.45, 2.75) is 13.3 Å². The van der Waals surface area contributed by atoms with Crippen molar-refractivity contribution in [3.05, 3.63) is 17.8 Å². The maximum atomic E-state index is 11.5. The molecule has 0 aliphatic rings. The fourth-order valence-corrected chi connectivity index (χ4v) is 1.38. The minimum Gasteiger partial charge on any atom is -0.396 e. The predicted molar refractivity (Wildman–Crippen MR) is 69.9 cm³/mol. The zero-order valence-corrected chi connectivity index (χ0v) is 10.6. The van der Waals surface area contributed by atoms with Crippen molar-refractivity contribution >= 4 is 17.4 Å². The molecule has 1 aromatic heterocycles. The molecule has 6 nitrogen and oxygen atoms in total. The molecule has 0 bridgehead atoms. The van der Waals surface area contributed by atoms with E-state index in [-0.39, 0.29) is 18.1 Å². The van der Waals surface area contributed by atoms with Gasteiger partial charge < -0.3 is 16.0 Å². The van der Waals surface area contributed by atoms with E-state index in [1.54, 1.807) is 24.1 Å². The van der Waals surface area contributed by atoms with Crippen LogP contribution >= 0.6 is 0 Å². The van der Waals surface area contributed by atoms with Crippen LogP contribution in [0.4, 0.5) is 11.5 Å². The third-order valence-electron chi connectivity index (χ3n) is 2.36. The summed E-state index contributed by atoms with van der Waals surface area (Å²) in [5, 5.41) is 11.6. The lowest BCUT2D eigenvalue weighted by molar-refractivity contribution is -0.119. The Kier molecular flexibility index (Phi) is 4.93. The van der Waals surface area contributed by atoms with E-state index < -0.39 is 0 Å². The van der Waals surface area contributed by atoms with E-state index in [0.29, 0.717) is 18.1 Å². The number of nitrogen functional groups attached to an aromatic ring is 1. The average molecular weight is 247 g/mol. The first kappa shape index (κ1) is 13.8. The molecule has 0 radical (unpaired) electrons. The molecule has 1 rings (SSSR count). The summed E-state index contributed by atoms with van der Waals surface area (Å²) in [6.45, 7) is 2.85. The molecule has 1 heterocycles. The van der Waals surface area contributed by atoms with Crippen LogP contribution in [0.2, 0.25) is 0 Å². The minimum atomic E-state index is -0.0727. The van der Waals surface area contributed by atoms with Crippen LogP contribution in [-0.4, -0.2) is 31.0 Å². The van der Waals surface area contributed by atoms with Gasteiger partial charge in [-0.3, -0.25) is 4.79 Å². The topological polar surface area (TPSA) is 95.0 Å². The molecule has 0 atom stereocenters. The third kappa shape index (κ3) is 3.63. The standard InChI is InChI=1S/C12H17N5O/c1-3-6-15-12(18)8-17(2)11-5-4-9(14)10(7-13)16-11/h4-5H,3,6,8,14H2,1-2H3,(H,15,18). The molecule has 6 heteroatoms. The Morgan fingerprint density at radius 3 is 2.94 bits per heavy atom. The van der Waals surface area contributed by atoms with Crippen LogP contribution in [0.5, 0.6) is 0 Å². The number of pyridine rings is 1. The first-order valence-corrected chi connectivity index (χ1v) is 5.73. The highest BCUT2D eigenvalue weighted by molar-refractivity contribution is 5.80.